The standard InChI is InChI=1S/C14H20BrNO/c1-2-13(16)14(7-8-17)6-5-10-9-11(15)3-4-12(10)14/h3-4,9,13,17H,2,5-8,16H2,1H3. The second-order valence-electron chi connectivity index (χ2n) is 4.95. The van der Waals surface area contributed by atoms with Crippen LogP contribution in [0.5, 0.6) is 0 Å². The van der Waals surface area contributed by atoms with Crippen molar-refractivity contribution in [1.82, 2.24) is 0 Å². The largest absolute Gasteiger partial charge is 0.396 e. The van der Waals surface area contributed by atoms with E-state index in [2.05, 4.69) is 41.1 Å². The van der Waals surface area contributed by atoms with Crippen molar-refractivity contribution >= 4 is 15.9 Å². The van der Waals surface area contributed by atoms with E-state index in [1.165, 1.54) is 11.1 Å². The molecule has 0 radical (unpaired) electrons. The van der Waals surface area contributed by atoms with E-state index in [4.69, 9.17) is 5.73 Å². The SMILES string of the molecule is CCC(N)C1(CCO)CCc2cc(Br)ccc21. The summed E-state index contributed by atoms with van der Waals surface area (Å²) in [5.41, 5.74) is 9.05. The number of rotatable bonds is 4. The average Bonchev–Trinajstić information content (AvgIpc) is 2.68. The fourth-order valence-corrected chi connectivity index (χ4v) is 3.58. The van der Waals surface area contributed by atoms with E-state index in [9.17, 15) is 5.11 Å². The Balaban J connectivity index is 2.45. The van der Waals surface area contributed by atoms with E-state index in [1.807, 2.05) is 0 Å². The van der Waals surface area contributed by atoms with E-state index >= 15 is 0 Å². The second-order valence-corrected chi connectivity index (χ2v) is 5.86. The minimum atomic E-state index is -0.0144. The third-order valence-corrected chi connectivity index (χ3v) is 4.64. The number of benzene rings is 1. The molecule has 0 saturated heterocycles. The number of aryl methyl sites for hydroxylation is 1. The minimum Gasteiger partial charge on any atom is -0.396 e. The number of hydrogen-bond acceptors (Lipinski definition) is 2. The molecule has 0 aromatic heterocycles. The van der Waals surface area contributed by atoms with Gasteiger partial charge < -0.3 is 10.8 Å². The summed E-state index contributed by atoms with van der Waals surface area (Å²) < 4.78 is 1.13. The Morgan fingerprint density at radius 3 is 2.94 bits per heavy atom. The molecule has 3 heteroatoms. The maximum Gasteiger partial charge on any atom is 0.0440 e. The van der Waals surface area contributed by atoms with Crippen molar-refractivity contribution in [3.8, 4) is 0 Å². The van der Waals surface area contributed by atoms with Gasteiger partial charge in [-0.25, -0.2) is 0 Å². The molecule has 0 aliphatic heterocycles. The zero-order chi connectivity index (χ0) is 12.5. The highest BCUT2D eigenvalue weighted by molar-refractivity contribution is 9.10. The van der Waals surface area contributed by atoms with Crippen molar-refractivity contribution in [2.75, 3.05) is 6.61 Å². The molecular weight excluding hydrogens is 278 g/mol. The summed E-state index contributed by atoms with van der Waals surface area (Å²) in [5, 5.41) is 9.35. The molecule has 94 valence electrons. The molecule has 0 heterocycles. The lowest BCUT2D eigenvalue weighted by Crippen LogP contribution is -2.44. The van der Waals surface area contributed by atoms with Gasteiger partial charge in [-0.15, -0.1) is 0 Å². The van der Waals surface area contributed by atoms with Gasteiger partial charge in [0.2, 0.25) is 0 Å². The summed E-state index contributed by atoms with van der Waals surface area (Å²) in [5.74, 6) is 0. The molecule has 1 aromatic rings. The van der Waals surface area contributed by atoms with Crippen LogP contribution in [-0.2, 0) is 11.8 Å². The topological polar surface area (TPSA) is 46.2 Å². The number of fused-ring (bicyclic) bond motifs is 1. The number of nitrogens with two attached hydrogens (primary N) is 1. The van der Waals surface area contributed by atoms with Gasteiger partial charge >= 0.3 is 0 Å². The second kappa shape index (κ2) is 5.09. The molecule has 2 unspecified atom stereocenters. The summed E-state index contributed by atoms with van der Waals surface area (Å²) >= 11 is 3.51. The van der Waals surface area contributed by atoms with E-state index in [0.29, 0.717) is 0 Å². The summed E-state index contributed by atoms with van der Waals surface area (Å²) in [7, 11) is 0. The minimum absolute atomic E-state index is 0.0144. The monoisotopic (exact) mass is 297 g/mol. The van der Waals surface area contributed by atoms with Gasteiger partial charge in [0.25, 0.3) is 0 Å². The fraction of sp³-hybridized carbons (Fsp3) is 0.571. The van der Waals surface area contributed by atoms with Gasteiger partial charge in [-0.1, -0.05) is 28.9 Å². The van der Waals surface area contributed by atoms with Crippen molar-refractivity contribution in [2.24, 2.45) is 5.73 Å². The fourth-order valence-electron chi connectivity index (χ4n) is 3.17. The lowest BCUT2D eigenvalue weighted by atomic mass is 9.72. The Labute approximate surface area is 111 Å². The molecule has 2 atom stereocenters. The van der Waals surface area contributed by atoms with Crippen LogP contribution in [0.1, 0.15) is 37.3 Å². The first-order chi connectivity index (χ1) is 8.14. The number of halogens is 1. The lowest BCUT2D eigenvalue weighted by molar-refractivity contribution is 0.211. The molecule has 2 nitrogen and oxygen atoms in total. The molecular formula is C14H20BrNO. The third kappa shape index (κ3) is 2.16. The van der Waals surface area contributed by atoms with Gasteiger partial charge in [-0.2, -0.15) is 0 Å². The van der Waals surface area contributed by atoms with Crippen LogP contribution in [0.15, 0.2) is 22.7 Å². The van der Waals surface area contributed by atoms with Gasteiger partial charge in [0, 0.05) is 22.5 Å². The zero-order valence-electron chi connectivity index (χ0n) is 10.2. The Hall–Kier alpha value is -0.380. The Bertz CT molecular complexity index is 407. The van der Waals surface area contributed by atoms with E-state index in [-0.39, 0.29) is 18.1 Å². The van der Waals surface area contributed by atoms with Gasteiger partial charge in [0.15, 0.2) is 0 Å². The number of hydrogen-bond donors (Lipinski definition) is 2. The molecule has 2 rings (SSSR count). The van der Waals surface area contributed by atoms with E-state index in [1.54, 1.807) is 0 Å². The quantitative estimate of drug-likeness (QED) is 0.898. The molecule has 0 amide bonds. The van der Waals surface area contributed by atoms with Gasteiger partial charge in [0.1, 0.15) is 0 Å². The average molecular weight is 298 g/mol. The Morgan fingerprint density at radius 2 is 2.29 bits per heavy atom. The van der Waals surface area contributed by atoms with Crippen molar-refractivity contribution in [1.29, 1.82) is 0 Å². The number of aliphatic hydroxyl groups is 1. The van der Waals surface area contributed by atoms with Gasteiger partial charge in [-0.3, -0.25) is 0 Å². The summed E-state index contributed by atoms with van der Waals surface area (Å²) in [6.45, 7) is 2.34. The van der Waals surface area contributed by atoms with Crippen LogP contribution in [0, 0.1) is 0 Å². The molecule has 3 N–H and O–H groups in total. The molecule has 0 fully saturated rings. The smallest absolute Gasteiger partial charge is 0.0440 e. The van der Waals surface area contributed by atoms with Crippen molar-refractivity contribution < 1.29 is 5.11 Å². The van der Waals surface area contributed by atoms with Gasteiger partial charge in [-0.05, 0) is 48.9 Å². The highest BCUT2D eigenvalue weighted by Gasteiger charge is 2.42. The maximum absolute atomic E-state index is 9.35. The van der Waals surface area contributed by atoms with E-state index < -0.39 is 0 Å². The van der Waals surface area contributed by atoms with Crippen molar-refractivity contribution in [3.05, 3.63) is 33.8 Å². The normalized spacial score (nSPS) is 24.7. The van der Waals surface area contributed by atoms with Crippen LogP contribution in [0.4, 0.5) is 0 Å². The first-order valence-corrected chi connectivity index (χ1v) is 7.08. The first kappa shape index (κ1) is 13.1. The summed E-state index contributed by atoms with van der Waals surface area (Å²) in [4.78, 5) is 0. The molecule has 1 aromatic carbocycles. The van der Waals surface area contributed by atoms with Crippen molar-refractivity contribution in [3.63, 3.8) is 0 Å². The predicted octanol–water partition coefficient (Wildman–Crippen LogP) is 2.75. The maximum atomic E-state index is 9.35. The van der Waals surface area contributed by atoms with Crippen LogP contribution in [0.25, 0.3) is 0 Å². The zero-order valence-corrected chi connectivity index (χ0v) is 11.8. The van der Waals surface area contributed by atoms with E-state index in [0.717, 1.165) is 30.2 Å². The first-order valence-electron chi connectivity index (χ1n) is 6.29. The van der Waals surface area contributed by atoms with Crippen LogP contribution < -0.4 is 5.73 Å². The van der Waals surface area contributed by atoms with Gasteiger partial charge in [0.05, 0.1) is 0 Å². The molecule has 1 aliphatic rings. The molecule has 0 spiro atoms. The molecule has 0 bridgehead atoms. The molecule has 17 heavy (non-hydrogen) atoms. The van der Waals surface area contributed by atoms with Crippen molar-refractivity contribution in [2.45, 2.75) is 44.1 Å². The number of aliphatic hydroxyl groups excluding tert-OH is 1. The highest BCUT2D eigenvalue weighted by atomic mass is 79.9. The Morgan fingerprint density at radius 1 is 1.53 bits per heavy atom. The summed E-state index contributed by atoms with van der Waals surface area (Å²) in [6, 6.07) is 6.59. The Kier molecular flexibility index (Phi) is 3.91. The van der Waals surface area contributed by atoms with Crippen LogP contribution in [-0.4, -0.2) is 17.8 Å². The lowest BCUT2D eigenvalue weighted by Gasteiger charge is -2.35. The third-order valence-electron chi connectivity index (χ3n) is 4.15. The highest BCUT2D eigenvalue weighted by Crippen LogP contribution is 2.44. The molecule has 1 aliphatic carbocycles. The van der Waals surface area contributed by atoms with Crippen LogP contribution >= 0.6 is 15.9 Å². The summed E-state index contributed by atoms with van der Waals surface area (Å²) in [6.07, 6.45) is 3.86. The molecule has 0 saturated carbocycles. The predicted molar refractivity (Wildman–Crippen MR) is 74.1 cm³/mol. The van der Waals surface area contributed by atoms with Crippen LogP contribution in [0.2, 0.25) is 0 Å². The van der Waals surface area contributed by atoms with Crippen LogP contribution in [0.3, 0.4) is 0 Å².